The summed E-state index contributed by atoms with van der Waals surface area (Å²) in [7, 11) is -60.9. The molecule has 1 heterocycles. The van der Waals surface area contributed by atoms with Crippen LogP contribution in [0.2, 0.25) is 0 Å². The van der Waals surface area contributed by atoms with Gasteiger partial charge in [-0.3, -0.25) is 0 Å². The first-order chi connectivity index (χ1) is 46.2. The van der Waals surface area contributed by atoms with Crippen molar-refractivity contribution in [1.29, 1.82) is 0 Å². The van der Waals surface area contributed by atoms with Crippen LogP contribution in [0.5, 0.6) is 57.5 Å². The molecular weight excluding hydrogens is 1630 g/mol. The monoisotopic (exact) mass is 1650 g/mol. The predicted octanol–water partition coefficient (Wildman–Crippen LogP) is -5.51. The predicted molar refractivity (Wildman–Crippen MR) is 287 cm³/mol. The smallest absolute Gasteiger partial charge is 0.340 e. The molecule has 0 amide bonds. The lowest BCUT2D eigenvalue weighted by Gasteiger charge is -2.44. The van der Waals surface area contributed by atoms with Gasteiger partial charge < -0.3 is 116 Å². The molecule has 0 bridgehead atoms. The van der Waals surface area contributed by atoms with Gasteiger partial charge >= 0.3 is 29.8 Å². The molecule has 1 saturated heterocycles. The Hall–Kier alpha value is -9.49. The van der Waals surface area contributed by atoms with Crippen LogP contribution in [0, 0.1) is 0 Å². The van der Waals surface area contributed by atoms with E-state index in [9.17, 15) is 154 Å². The lowest BCUT2D eigenvalue weighted by molar-refractivity contribution is -0.282. The minimum atomic E-state index is -6.13. The summed E-state index contributed by atoms with van der Waals surface area (Å²) >= 11 is 0. The third kappa shape index (κ3) is 27.8. The number of esters is 5. The van der Waals surface area contributed by atoms with Gasteiger partial charge in [0.25, 0.3) is 104 Å². The average Bonchev–Trinajstić information content (AvgIpc) is 0.766. The molecule has 102 heavy (non-hydrogen) atoms. The molecule has 5 aromatic rings. The second-order valence-corrected chi connectivity index (χ2v) is 27.9. The van der Waals surface area contributed by atoms with Gasteiger partial charge in [-0.2, -0.15) is 0 Å². The van der Waals surface area contributed by atoms with Crippen molar-refractivity contribution < 1.29 is 224 Å². The molecule has 1 aliphatic rings. The molecule has 0 aromatic heterocycles. The molecule has 51 nitrogen and oxygen atoms in total. The van der Waals surface area contributed by atoms with Gasteiger partial charge in [0.2, 0.25) is 12.4 Å². The highest BCUT2D eigenvalue weighted by Crippen LogP contribution is 2.37. The lowest BCUT2D eigenvalue weighted by Crippen LogP contribution is -2.63. The van der Waals surface area contributed by atoms with Crippen molar-refractivity contribution in [3.8, 4) is 57.5 Å². The van der Waals surface area contributed by atoms with E-state index in [1.807, 2.05) is 0 Å². The Morgan fingerprint density at radius 3 is 0.637 bits per heavy atom. The van der Waals surface area contributed by atoms with Gasteiger partial charge in [-0.25, -0.2) is 108 Å². The highest BCUT2D eigenvalue weighted by atomic mass is 32.3. The van der Waals surface area contributed by atoms with E-state index >= 15 is 0 Å². The number of hydrogen-bond donors (Lipinski definition) is 0. The van der Waals surface area contributed by atoms with Crippen LogP contribution >= 0.6 is 0 Å². The number of carbonyl (C=O) groups is 5. The largest absolute Gasteiger partial charge is 0.716 e. The molecule has 0 spiro atoms. The summed E-state index contributed by atoms with van der Waals surface area (Å²) < 4.78 is 423. The topological polar surface area (TPSA) is 805 Å². The van der Waals surface area contributed by atoms with Crippen molar-refractivity contribution in [2.45, 2.75) is 30.7 Å². The minimum absolute atomic E-state index is 0.00736. The summed E-state index contributed by atoms with van der Waals surface area (Å²) in [5.74, 6) is -27.1. The molecule has 5 aromatic carbocycles. The van der Waals surface area contributed by atoms with E-state index in [4.69, 9.17) is 28.4 Å². The van der Waals surface area contributed by atoms with Crippen LogP contribution in [-0.4, -0.2) is 197 Å². The number of carbonyl (C=O) groups excluding carboxylic acids is 5. The van der Waals surface area contributed by atoms with Crippen LogP contribution < -0.4 is 41.8 Å². The lowest BCUT2D eigenvalue weighted by atomic mass is 9.97. The molecule has 0 aliphatic carbocycles. The van der Waals surface area contributed by atoms with Gasteiger partial charge in [-0.1, -0.05) is 0 Å². The second kappa shape index (κ2) is 30.2. The molecule has 0 unspecified atom stereocenters. The first-order valence-corrected chi connectivity index (χ1v) is 37.4. The maximum Gasteiger partial charge on any atom is 0.340 e. The molecule has 1 aliphatic heterocycles. The van der Waals surface area contributed by atoms with E-state index in [2.05, 4.69) is 41.8 Å². The fourth-order valence-corrected chi connectivity index (χ4v) is 10.9. The van der Waals surface area contributed by atoms with Gasteiger partial charge in [-0.05, 0) is 60.7 Å². The Labute approximate surface area is 568 Å². The van der Waals surface area contributed by atoms with Gasteiger partial charge in [0, 0.05) is 30.3 Å². The zero-order valence-corrected chi connectivity index (χ0v) is 55.3. The summed E-state index contributed by atoms with van der Waals surface area (Å²) in [6.45, 7) is -2.03. The van der Waals surface area contributed by atoms with E-state index in [0.717, 1.165) is 0 Å². The van der Waals surface area contributed by atoms with E-state index in [1.54, 1.807) is 0 Å². The SMILES string of the molecule is O=C(OC[C@H]1O[C@@H](OC(=O)c2cc(OS(=O)(=O)[O-])cc(OS(=O)(=O)[O-])c2)[C@H](OC(=O)c2cc(OS(=O)(=O)[O-])cc(OS(=O)(=O)[O-])c2)[C@@H](OC(=O)c2cc(OS(=O)(=O)[O-])cc(OS(=O)(=O)[O-])c2)[C@@H]1OC(=O)c1cc(OS(=O)(=O)[O-])cc(OS(=O)(=O)[O-])c1)c1cc(OS(=O)(=O)[O-])cc(OS(=O)(=O)[O-])c1. The average molecular weight is 1650 g/mol. The van der Waals surface area contributed by atoms with Crippen molar-refractivity contribution in [2.75, 3.05) is 6.61 Å². The Kier molecular flexibility index (Phi) is 24.1. The normalized spacial score (nSPS) is 17.0. The highest BCUT2D eigenvalue weighted by Gasteiger charge is 2.55. The Morgan fingerprint density at radius 1 is 0.255 bits per heavy atom. The summed E-state index contributed by atoms with van der Waals surface area (Å²) in [5, 5.41) is 0. The number of benzene rings is 5. The van der Waals surface area contributed by atoms with Crippen LogP contribution in [0.3, 0.4) is 0 Å². The zero-order chi connectivity index (χ0) is 77.1. The summed E-state index contributed by atoms with van der Waals surface area (Å²) in [6.07, 6.45) is -16.8. The van der Waals surface area contributed by atoms with Gasteiger partial charge in [0.15, 0.2) is 12.2 Å². The third-order valence-corrected chi connectivity index (χ3v) is 14.4. The van der Waals surface area contributed by atoms with Crippen LogP contribution in [0.15, 0.2) is 91.0 Å². The number of ether oxygens (including phenoxy) is 6. The first kappa shape index (κ1) is 81.5. The van der Waals surface area contributed by atoms with Crippen molar-refractivity contribution >= 4 is 134 Å². The Morgan fingerprint density at radius 2 is 0.431 bits per heavy atom. The summed E-state index contributed by atoms with van der Waals surface area (Å²) in [4.78, 5) is 72.2. The van der Waals surface area contributed by atoms with Crippen LogP contribution in [0.4, 0.5) is 0 Å². The van der Waals surface area contributed by atoms with Crippen LogP contribution in [-0.2, 0) is 132 Å². The van der Waals surface area contributed by atoms with Crippen molar-refractivity contribution in [2.24, 2.45) is 0 Å². The summed E-state index contributed by atoms with van der Waals surface area (Å²) in [6, 6.07) is 0.817. The van der Waals surface area contributed by atoms with E-state index in [-0.39, 0.29) is 91.0 Å². The molecule has 562 valence electrons. The highest BCUT2D eigenvalue weighted by molar-refractivity contribution is 7.83. The fraction of sp³-hybridized carbons (Fsp3) is 0.146. The van der Waals surface area contributed by atoms with Gasteiger partial charge in [0.05, 0.1) is 27.8 Å². The Balaban J connectivity index is 1.74. The van der Waals surface area contributed by atoms with E-state index in [0.29, 0.717) is 0 Å². The molecule has 6 rings (SSSR count). The maximum atomic E-state index is 14.7. The van der Waals surface area contributed by atoms with Crippen molar-refractivity contribution in [1.82, 2.24) is 0 Å². The molecular formula is C41H22O51S10-10. The molecule has 0 saturated carbocycles. The van der Waals surface area contributed by atoms with Crippen molar-refractivity contribution in [3.05, 3.63) is 119 Å². The first-order valence-electron chi connectivity index (χ1n) is 24.1. The molecule has 5 atom stereocenters. The molecule has 1 fully saturated rings. The van der Waals surface area contributed by atoms with E-state index in [1.165, 1.54) is 0 Å². The minimum Gasteiger partial charge on any atom is -0.716 e. The third-order valence-electron chi connectivity index (χ3n) is 10.5. The second-order valence-electron chi connectivity index (χ2n) is 18.0. The molecule has 0 radical (unpaired) electrons. The number of rotatable bonds is 31. The van der Waals surface area contributed by atoms with Gasteiger partial charge in [0.1, 0.15) is 70.2 Å². The fourth-order valence-electron chi connectivity index (χ4n) is 7.61. The number of hydrogen-bond acceptors (Lipinski definition) is 51. The van der Waals surface area contributed by atoms with Crippen molar-refractivity contribution in [3.63, 3.8) is 0 Å². The summed E-state index contributed by atoms with van der Waals surface area (Å²) in [5.41, 5.74) is -7.59. The Bertz CT molecular complexity index is 5140. The molecule has 61 heteroatoms. The zero-order valence-electron chi connectivity index (χ0n) is 47.2. The standard InChI is InChI=1S/C41H32O51S10/c42-36(17-1-22(83-93(47,48)49)11-23(2-17)84-94(50,51)52)77-16-32-33(79-37(43)18-3-24(85-95(53,54)55)12-25(4-18)86-96(56,57)58)34(80-38(44)19-5-26(87-97(59,60)61)13-27(6-19)88-98(62,63)64)35(81-39(45)20-7-28(89-99(65,66)67)14-29(8-20)90-100(68,69)70)41(78-32)82-40(46)21-9-30(91-101(71,72)73)15-31(10-21)92-102(74,75)76/h1-15,32-35,41H,16H2,(H,47,48,49)(H,50,51,52)(H,53,54,55)(H,56,57,58)(H,59,60,61)(H,62,63,64)(H,65,66,67)(H,68,69,70)(H,71,72,73)(H,74,75,76)/p-10/t32-,33-,34+,35-,41+/m1/s1. The van der Waals surface area contributed by atoms with E-state index < -0.39 is 256 Å². The van der Waals surface area contributed by atoms with Gasteiger partial charge in [-0.15, -0.1) is 0 Å². The quantitative estimate of drug-likeness (QED) is 0.0173. The maximum absolute atomic E-state index is 14.7. The van der Waals surface area contributed by atoms with Crippen LogP contribution in [0.1, 0.15) is 51.8 Å². The van der Waals surface area contributed by atoms with Crippen LogP contribution in [0.25, 0.3) is 0 Å². The molecule has 0 N–H and O–H groups in total.